The maximum absolute atomic E-state index is 12.5. The Bertz CT molecular complexity index is 1020. The Hall–Kier alpha value is -2.85. The first-order valence-electron chi connectivity index (χ1n) is 8.10. The summed E-state index contributed by atoms with van der Waals surface area (Å²) < 4.78 is 69.6. The quantitative estimate of drug-likeness (QED) is 0.670. The molecule has 1 unspecified atom stereocenters. The molecule has 0 radical (unpaired) electrons. The normalized spacial score (nSPS) is 13.3. The van der Waals surface area contributed by atoms with E-state index in [0.717, 1.165) is 35.5 Å². The molecule has 0 aliphatic rings. The molecule has 0 saturated heterocycles. The van der Waals surface area contributed by atoms with E-state index in [1.165, 1.54) is 0 Å². The Morgan fingerprint density at radius 2 is 1.71 bits per heavy atom. The third kappa shape index (κ3) is 4.90. The molecule has 1 aromatic heterocycles. The summed E-state index contributed by atoms with van der Waals surface area (Å²) in [5.41, 5.74) is 1.60. The van der Waals surface area contributed by atoms with Crippen molar-refractivity contribution < 1.29 is 26.3 Å². The van der Waals surface area contributed by atoms with Crippen molar-refractivity contribution in [2.75, 3.05) is 0 Å². The van der Waals surface area contributed by atoms with Gasteiger partial charge in [0, 0.05) is 24.1 Å². The van der Waals surface area contributed by atoms with Gasteiger partial charge in [0.15, 0.2) is 0 Å². The summed E-state index contributed by atoms with van der Waals surface area (Å²) in [4.78, 5) is 3.80. The van der Waals surface area contributed by atoms with Gasteiger partial charge in [-0.15, -0.1) is 13.2 Å². The largest absolute Gasteiger partial charge is 0.573 e. The fraction of sp³-hybridized carbons (Fsp3) is 0.167. The van der Waals surface area contributed by atoms with Crippen molar-refractivity contribution in [2.45, 2.75) is 24.2 Å². The second kappa shape index (κ2) is 7.64. The summed E-state index contributed by atoms with van der Waals surface area (Å²) in [5, 5.41) is 0. The van der Waals surface area contributed by atoms with E-state index in [9.17, 15) is 21.6 Å². The zero-order chi connectivity index (χ0) is 20.4. The molecular formula is C18H16F3N3O3S. The van der Waals surface area contributed by atoms with Crippen LogP contribution in [0.25, 0.3) is 5.69 Å². The highest BCUT2D eigenvalue weighted by atomic mass is 32.2. The predicted octanol–water partition coefficient (Wildman–Crippen LogP) is 3.81. The molecule has 2 aromatic carbocycles. The third-order valence-electron chi connectivity index (χ3n) is 3.90. The standard InChI is InChI=1S/C18H16F3N3O3S/c1-13(14-2-4-15(5-3-14)24-11-10-22-12-24)23-28(25,26)17-8-6-16(7-9-17)27-18(19,20)21/h2-13,23H,1H3. The van der Waals surface area contributed by atoms with Gasteiger partial charge in [0.05, 0.1) is 11.2 Å². The molecule has 0 aliphatic heterocycles. The molecule has 148 valence electrons. The molecule has 10 heteroatoms. The summed E-state index contributed by atoms with van der Waals surface area (Å²) >= 11 is 0. The molecule has 1 N–H and O–H groups in total. The van der Waals surface area contributed by atoms with Gasteiger partial charge in [-0.3, -0.25) is 0 Å². The van der Waals surface area contributed by atoms with Crippen LogP contribution < -0.4 is 9.46 Å². The summed E-state index contributed by atoms with van der Waals surface area (Å²) in [7, 11) is -3.92. The lowest BCUT2D eigenvalue weighted by Gasteiger charge is -2.16. The van der Waals surface area contributed by atoms with Crippen molar-refractivity contribution in [3.05, 3.63) is 72.8 Å². The van der Waals surface area contributed by atoms with E-state index in [1.807, 2.05) is 16.7 Å². The first-order valence-corrected chi connectivity index (χ1v) is 9.59. The highest BCUT2D eigenvalue weighted by molar-refractivity contribution is 7.89. The Kier molecular flexibility index (Phi) is 5.43. The summed E-state index contributed by atoms with van der Waals surface area (Å²) in [6.45, 7) is 1.67. The molecule has 0 aliphatic carbocycles. The average Bonchev–Trinajstić information content (AvgIpc) is 3.15. The van der Waals surface area contributed by atoms with Gasteiger partial charge in [0.25, 0.3) is 0 Å². The van der Waals surface area contributed by atoms with Crippen LogP contribution in [0, 0.1) is 0 Å². The molecule has 28 heavy (non-hydrogen) atoms. The number of rotatable bonds is 6. The van der Waals surface area contributed by atoms with Gasteiger partial charge in [0.1, 0.15) is 5.75 Å². The zero-order valence-electron chi connectivity index (χ0n) is 14.6. The number of hydrogen-bond donors (Lipinski definition) is 1. The molecule has 0 spiro atoms. The Morgan fingerprint density at radius 1 is 1.07 bits per heavy atom. The van der Waals surface area contributed by atoms with Crippen LogP contribution in [0.15, 0.2) is 72.1 Å². The number of halogens is 3. The van der Waals surface area contributed by atoms with E-state index in [4.69, 9.17) is 0 Å². The van der Waals surface area contributed by atoms with Gasteiger partial charge in [-0.2, -0.15) is 0 Å². The highest BCUT2D eigenvalue weighted by Gasteiger charge is 2.31. The lowest BCUT2D eigenvalue weighted by molar-refractivity contribution is -0.274. The number of aromatic nitrogens is 2. The van der Waals surface area contributed by atoms with Gasteiger partial charge in [-0.25, -0.2) is 18.1 Å². The molecule has 0 amide bonds. The maximum Gasteiger partial charge on any atom is 0.573 e. The number of nitrogens with one attached hydrogen (secondary N) is 1. The maximum atomic E-state index is 12.5. The van der Waals surface area contributed by atoms with Crippen LogP contribution >= 0.6 is 0 Å². The van der Waals surface area contributed by atoms with E-state index in [1.54, 1.807) is 37.8 Å². The molecule has 1 atom stereocenters. The number of nitrogens with zero attached hydrogens (tertiary/aromatic N) is 2. The van der Waals surface area contributed by atoms with Gasteiger partial charge >= 0.3 is 6.36 Å². The van der Waals surface area contributed by atoms with E-state index in [0.29, 0.717) is 0 Å². The number of hydrogen-bond acceptors (Lipinski definition) is 4. The second-order valence-corrected chi connectivity index (χ2v) is 7.64. The Morgan fingerprint density at radius 3 is 2.25 bits per heavy atom. The smallest absolute Gasteiger partial charge is 0.406 e. The molecule has 0 fully saturated rings. The van der Waals surface area contributed by atoms with E-state index in [-0.39, 0.29) is 4.90 Å². The third-order valence-corrected chi connectivity index (χ3v) is 5.45. The van der Waals surface area contributed by atoms with Gasteiger partial charge < -0.3 is 9.30 Å². The molecule has 0 saturated carbocycles. The Balaban J connectivity index is 1.71. The Labute approximate surface area is 159 Å². The highest BCUT2D eigenvalue weighted by Crippen LogP contribution is 2.25. The first kappa shape index (κ1) is 19.9. The second-order valence-electron chi connectivity index (χ2n) is 5.92. The van der Waals surface area contributed by atoms with Crippen LogP contribution in [0.3, 0.4) is 0 Å². The number of ether oxygens (including phenoxy) is 1. The van der Waals surface area contributed by atoms with Gasteiger partial charge in [-0.05, 0) is 48.9 Å². The van der Waals surface area contributed by atoms with Gasteiger partial charge in [0.2, 0.25) is 10.0 Å². The van der Waals surface area contributed by atoms with Crippen molar-refractivity contribution in [3.63, 3.8) is 0 Å². The molecular weight excluding hydrogens is 395 g/mol. The van der Waals surface area contributed by atoms with Crippen LogP contribution in [0.5, 0.6) is 5.75 Å². The number of imidazole rings is 1. The molecule has 3 aromatic rings. The number of alkyl halides is 3. The van der Waals surface area contributed by atoms with Crippen LogP contribution in [0.1, 0.15) is 18.5 Å². The first-order chi connectivity index (χ1) is 13.1. The van der Waals surface area contributed by atoms with Crippen LogP contribution in [0.4, 0.5) is 13.2 Å². The zero-order valence-corrected chi connectivity index (χ0v) is 15.4. The number of sulfonamides is 1. The van der Waals surface area contributed by atoms with Crippen LogP contribution in [-0.2, 0) is 10.0 Å². The number of benzene rings is 2. The van der Waals surface area contributed by atoms with Crippen LogP contribution in [-0.4, -0.2) is 24.3 Å². The topological polar surface area (TPSA) is 73.2 Å². The minimum atomic E-state index is -4.84. The fourth-order valence-corrected chi connectivity index (χ4v) is 3.77. The van der Waals surface area contributed by atoms with Crippen molar-refractivity contribution >= 4 is 10.0 Å². The average molecular weight is 411 g/mol. The molecule has 6 nitrogen and oxygen atoms in total. The lowest BCUT2D eigenvalue weighted by Crippen LogP contribution is -2.27. The molecule has 0 bridgehead atoms. The minimum absolute atomic E-state index is 0.163. The van der Waals surface area contributed by atoms with Crippen molar-refractivity contribution in [2.24, 2.45) is 0 Å². The SMILES string of the molecule is CC(NS(=O)(=O)c1ccc(OC(F)(F)F)cc1)c1ccc(-n2ccnc2)cc1. The van der Waals surface area contributed by atoms with Crippen LogP contribution in [0.2, 0.25) is 0 Å². The van der Waals surface area contributed by atoms with E-state index < -0.39 is 28.2 Å². The van der Waals surface area contributed by atoms with E-state index >= 15 is 0 Å². The predicted molar refractivity (Wildman–Crippen MR) is 95.4 cm³/mol. The lowest BCUT2D eigenvalue weighted by atomic mass is 10.1. The monoisotopic (exact) mass is 411 g/mol. The van der Waals surface area contributed by atoms with Crippen molar-refractivity contribution in [1.29, 1.82) is 0 Å². The van der Waals surface area contributed by atoms with Gasteiger partial charge in [-0.1, -0.05) is 12.1 Å². The summed E-state index contributed by atoms with van der Waals surface area (Å²) in [6, 6.07) is 10.7. The van der Waals surface area contributed by atoms with Crippen molar-refractivity contribution in [3.8, 4) is 11.4 Å². The minimum Gasteiger partial charge on any atom is -0.406 e. The fourth-order valence-electron chi connectivity index (χ4n) is 2.54. The van der Waals surface area contributed by atoms with Crippen molar-refractivity contribution in [1.82, 2.24) is 14.3 Å². The van der Waals surface area contributed by atoms with E-state index in [2.05, 4.69) is 14.4 Å². The summed E-state index contributed by atoms with van der Waals surface area (Å²) in [5.74, 6) is -0.491. The molecule has 3 rings (SSSR count). The summed E-state index contributed by atoms with van der Waals surface area (Å²) in [6.07, 6.45) is 0.242. The molecule has 1 heterocycles.